The van der Waals surface area contributed by atoms with Crippen molar-refractivity contribution in [1.82, 2.24) is 14.5 Å². The minimum Gasteiger partial charge on any atom is -0.340 e. The van der Waals surface area contributed by atoms with Crippen LogP contribution in [0.3, 0.4) is 0 Å². The van der Waals surface area contributed by atoms with E-state index in [9.17, 15) is 4.79 Å². The molecular formula is C8H12ClN3OS. The first kappa shape index (κ1) is 11.4. The zero-order valence-electron chi connectivity index (χ0n) is 8.11. The fourth-order valence-corrected chi connectivity index (χ4v) is 1.45. The highest BCUT2D eigenvalue weighted by Crippen LogP contribution is 2.05. The number of aromatic nitrogens is 2. The van der Waals surface area contributed by atoms with Crippen LogP contribution < -0.4 is 0 Å². The number of rotatable bonds is 4. The van der Waals surface area contributed by atoms with Crippen molar-refractivity contribution in [2.45, 2.75) is 18.7 Å². The highest BCUT2D eigenvalue weighted by atomic mass is 35.5. The Labute approximate surface area is 92.0 Å². The molecule has 1 heterocycles. The van der Waals surface area contributed by atoms with Gasteiger partial charge in [0.25, 0.3) is 5.91 Å². The highest BCUT2D eigenvalue weighted by Gasteiger charge is 2.14. The normalized spacial score (nSPS) is 12.5. The van der Waals surface area contributed by atoms with E-state index in [1.54, 1.807) is 17.3 Å². The van der Waals surface area contributed by atoms with Crippen LogP contribution in [0.4, 0.5) is 0 Å². The molecule has 0 N–H and O–H groups in total. The minimum atomic E-state index is -0.101. The molecule has 1 atom stereocenters. The van der Waals surface area contributed by atoms with Crippen LogP contribution >= 0.6 is 23.1 Å². The summed E-state index contributed by atoms with van der Waals surface area (Å²) in [6, 6.07) is 0. The molecule has 0 aliphatic heterocycles. The van der Waals surface area contributed by atoms with Gasteiger partial charge in [-0.1, -0.05) is 4.49 Å². The Morgan fingerprint density at radius 2 is 2.50 bits per heavy atom. The molecule has 0 saturated heterocycles. The molecule has 0 aliphatic carbocycles. The summed E-state index contributed by atoms with van der Waals surface area (Å²) in [4.78, 5) is 13.2. The summed E-state index contributed by atoms with van der Waals surface area (Å²) in [5.41, 5.74) is 0.403. The third-order valence-corrected chi connectivity index (χ3v) is 2.51. The topological polar surface area (TPSA) is 46.1 Å². The smallest absolute Gasteiger partial charge is 0.275 e. The predicted octanol–water partition coefficient (Wildman–Crippen LogP) is 1.63. The van der Waals surface area contributed by atoms with Gasteiger partial charge in [0, 0.05) is 24.3 Å². The first-order valence-electron chi connectivity index (χ1n) is 4.28. The lowest BCUT2D eigenvalue weighted by Gasteiger charge is -2.15. The van der Waals surface area contributed by atoms with Crippen LogP contribution in [0, 0.1) is 0 Å². The molecule has 0 spiro atoms. The molecule has 6 heteroatoms. The quantitative estimate of drug-likeness (QED) is 0.743. The Hall–Kier alpha value is -0.680. The molecule has 4 nitrogen and oxygen atoms in total. The van der Waals surface area contributed by atoms with Crippen LogP contribution in [0.1, 0.15) is 23.8 Å². The predicted molar refractivity (Wildman–Crippen MR) is 56.8 cm³/mol. The summed E-state index contributed by atoms with van der Waals surface area (Å²) in [5.74, 6) is -0.101. The van der Waals surface area contributed by atoms with Crippen molar-refractivity contribution in [2.24, 2.45) is 0 Å². The summed E-state index contributed by atoms with van der Waals surface area (Å²) >= 11 is 6.96. The SMILES string of the molecule is CC(Cl)CCN(C)C(=O)c1csnn1. The summed E-state index contributed by atoms with van der Waals surface area (Å²) in [6.45, 7) is 2.55. The van der Waals surface area contributed by atoms with Gasteiger partial charge in [-0.3, -0.25) is 4.79 Å². The van der Waals surface area contributed by atoms with Crippen molar-refractivity contribution in [3.63, 3.8) is 0 Å². The average molecular weight is 234 g/mol. The average Bonchev–Trinajstić information content (AvgIpc) is 2.65. The molecule has 1 unspecified atom stereocenters. The van der Waals surface area contributed by atoms with E-state index >= 15 is 0 Å². The Morgan fingerprint density at radius 3 is 3.00 bits per heavy atom. The number of carbonyl (C=O) groups is 1. The molecule has 0 aliphatic rings. The van der Waals surface area contributed by atoms with Crippen molar-refractivity contribution in [3.8, 4) is 0 Å². The van der Waals surface area contributed by atoms with Crippen molar-refractivity contribution in [1.29, 1.82) is 0 Å². The Bertz CT molecular complexity index is 289. The minimum absolute atomic E-state index is 0.0822. The molecule has 1 rings (SSSR count). The molecule has 78 valence electrons. The van der Waals surface area contributed by atoms with Gasteiger partial charge in [-0.15, -0.1) is 16.7 Å². The number of amides is 1. The molecule has 0 bridgehead atoms. The molecule has 1 aromatic rings. The standard InChI is InChI=1S/C8H12ClN3OS/c1-6(9)3-4-12(2)8(13)7-5-14-11-10-7/h5-6H,3-4H2,1-2H3. The fourth-order valence-electron chi connectivity index (χ4n) is 0.926. The molecule has 1 aromatic heterocycles. The van der Waals surface area contributed by atoms with Crippen LogP contribution in [0.2, 0.25) is 0 Å². The van der Waals surface area contributed by atoms with Crippen LogP contribution in [-0.2, 0) is 0 Å². The van der Waals surface area contributed by atoms with Crippen LogP contribution in [0.15, 0.2) is 5.38 Å². The Morgan fingerprint density at radius 1 is 1.79 bits per heavy atom. The third kappa shape index (κ3) is 3.23. The molecular weight excluding hydrogens is 222 g/mol. The lowest BCUT2D eigenvalue weighted by Crippen LogP contribution is -2.29. The first-order chi connectivity index (χ1) is 6.61. The van der Waals surface area contributed by atoms with Gasteiger partial charge in [0.15, 0.2) is 5.69 Å². The van der Waals surface area contributed by atoms with E-state index < -0.39 is 0 Å². The molecule has 0 fully saturated rings. The van der Waals surface area contributed by atoms with E-state index in [0.29, 0.717) is 12.2 Å². The number of nitrogens with zero attached hydrogens (tertiary/aromatic N) is 3. The van der Waals surface area contributed by atoms with E-state index in [1.807, 2.05) is 6.92 Å². The number of hydrogen-bond acceptors (Lipinski definition) is 4. The maximum atomic E-state index is 11.6. The summed E-state index contributed by atoms with van der Waals surface area (Å²) < 4.78 is 3.64. The number of hydrogen-bond donors (Lipinski definition) is 0. The van der Waals surface area contributed by atoms with Crippen molar-refractivity contribution in [3.05, 3.63) is 11.1 Å². The maximum Gasteiger partial charge on any atom is 0.275 e. The van der Waals surface area contributed by atoms with E-state index in [1.165, 1.54) is 11.5 Å². The summed E-state index contributed by atoms with van der Waals surface area (Å²) in [7, 11) is 1.74. The van der Waals surface area contributed by atoms with Gasteiger partial charge in [-0.2, -0.15) is 0 Å². The Balaban J connectivity index is 2.45. The van der Waals surface area contributed by atoms with Gasteiger partial charge in [0.05, 0.1) is 0 Å². The number of carbonyl (C=O) groups excluding carboxylic acids is 1. The second kappa shape index (κ2) is 5.26. The zero-order chi connectivity index (χ0) is 10.6. The fraction of sp³-hybridized carbons (Fsp3) is 0.625. The van der Waals surface area contributed by atoms with Crippen molar-refractivity contribution < 1.29 is 4.79 Å². The molecule has 14 heavy (non-hydrogen) atoms. The third-order valence-electron chi connectivity index (χ3n) is 1.79. The Kier molecular flexibility index (Phi) is 4.28. The highest BCUT2D eigenvalue weighted by molar-refractivity contribution is 7.03. The number of alkyl halides is 1. The van der Waals surface area contributed by atoms with Crippen LogP contribution in [0.5, 0.6) is 0 Å². The largest absolute Gasteiger partial charge is 0.340 e. The first-order valence-corrected chi connectivity index (χ1v) is 5.55. The monoisotopic (exact) mass is 233 g/mol. The van der Waals surface area contributed by atoms with Crippen LogP contribution in [-0.4, -0.2) is 39.4 Å². The second-order valence-corrected chi connectivity index (χ2v) is 4.44. The zero-order valence-corrected chi connectivity index (χ0v) is 9.68. The van der Waals surface area contributed by atoms with E-state index in [2.05, 4.69) is 9.59 Å². The van der Waals surface area contributed by atoms with Gasteiger partial charge in [-0.05, 0) is 24.9 Å². The molecule has 0 aromatic carbocycles. The molecule has 1 amide bonds. The summed E-state index contributed by atoms with van der Waals surface area (Å²) in [5, 5.41) is 5.43. The van der Waals surface area contributed by atoms with Gasteiger partial charge in [0.2, 0.25) is 0 Å². The van der Waals surface area contributed by atoms with Crippen LogP contribution in [0.25, 0.3) is 0 Å². The van der Waals surface area contributed by atoms with Gasteiger partial charge < -0.3 is 4.90 Å². The second-order valence-electron chi connectivity index (χ2n) is 3.09. The molecule has 0 saturated carbocycles. The lowest BCUT2D eigenvalue weighted by molar-refractivity contribution is 0.0788. The van der Waals surface area contributed by atoms with E-state index in [4.69, 9.17) is 11.6 Å². The summed E-state index contributed by atoms with van der Waals surface area (Å²) in [6.07, 6.45) is 0.779. The maximum absolute atomic E-state index is 11.6. The van der Waals surface area contributed by atoms with Crippen molar-refractivity contribution in [2.75, 3.05) is 13.6 Å². The van der Waals surface area contributed by atoms with Gasteiger partial charge >= 0.3 is 0 Å². The van der Waals surface area contributed by atoms with Crippen molar-refractivity contribution >= 4 is 29.0 Å². The van der Waals surface area contributed by atoms with E-state index in [0.717, 1.165) is 6.42 Å². The number of halogens is 1. The van der Waals surface area contributed by atoms with E-state index in [-0.39, 0.29) is 11.3 Å². The molecule has 0 radical (unpaired) electrons. The lowest BCUT2D eigenvalue weighted by atomic mass is 10.3. The van der Waals surface area contributed by atoms with Gasteiger partial charge in [-0.25, -0.2) is 0 Å². The van der Waals surface area contributed by atoms with Gasteiger partial charge in [0.1, 0.15) is 0 Å².